The van der Waals surface area contributed by atoms with E-state index >= 15 is 0 Å². The van der Waals surface area contributed by atoms with E-state index in [2.05, 4.69) is 16.0 Å². The molecule has 1 aliphatic heterocycles. The van der Waals surface area contributed by atoms with E-state index in [1.807, 2.05) is 18.2 Å². The minimum absolute atomic E-state index is 0. The molecule has 1 fully saturated rings. The number of para-hydroxylation sites is 2. The monoisotopic (exact) mass is 376 g/mol. The Kier molecular flexibility index (Phi) is 6.20. The number of anilines is 1. The summed E-state index contributed by atoms with van der Waals surface area (Å²) >= 11 is 0. The molecule has 0 amide bonds. The molecule has 1 aliphatic rings. The van der Waals surface area contributed by atoms with Crippen LogP contribution in [0.3, 0.4) is 0 Å². The van der Waals surface area contributed by atoms with Crippen LogP contribution in [0.25, 0.3) is 0 Å². The van der Waals surface area contributed by atoms with Gasteiger partial charge < -0.3 is 21.1 Å². The van der Waals surface area contributed by atoms with Gasteiger partial charge in [0.25, 0.3) is 0 Å². The average Bonchev–Trinajstić information content (AvgIpc) is 2.85. The minimum atomic E-state index is 0. The SMILES string of the molecule is COc1ccccc1N1CCC(CN=C(N)N)C1.I. The Hall–Kier alpha value is -1.18. The normalized spacial score (nSPS) is 17.7. The first-order valence-electron chi connectivity index (χ1n) is 6.14. The van der Waals surface area contributed by atoms with Gasteiger partial charge in [-0.25, -0.2) is 0 Å². The molecule has 0 saturated carbocycles. The molecule has 1 atom stereocenters. The van der Waals surface area contributed by atoms with Gasteiger partial charge in [0.1, 0.15) is 5.75 Å². The highest BCUT2D eigenvalue weighted by Crippen LogP contribution is 2.31. The molecule has 2 rings (SSSR count). The second-order valence-corrected chi connectivity index (χ2v) is 4.54. The lowest BCUT2D eigenvalue weighted by Gasteiger charge is -2.20. The van der Waals surface area contributed by atoms with Gasteiger partial charge in [0.05, 0.1) is 12.8 Å². The smallest absolute Gasteiger partial charge is 0.185 e. The summed E-state index contributed by atoms with van der Waals surface area (Å²) in [7, 11) is 1.70. The summed E-state index contributed by atoms with van der Waals surface area (Å²) in [5.41, 5.74) is 11.9. The van der Waals surface area contributed by atoms with Crippen LogP contribution in [0.5, 0.6) is 5.75 Å². The highest BCUT2D eigenvalue weighted by molar-refractivity contribution is 14.0. The predicted molar refractivity (Wildman–Crippen MR) is 89.4 cm³/mol. The molecule has 5 nitrogen and oxygen atoms in total. The van der Waals surface area contributed by atoms with Crippen LogP contribution in [0.1, 0.15) is 6.42 Å². The largest absolute Gasteiger partial charge is 0.495 e. The van der Waals surface area contributed by atoms with Gasteiger partial charge in [-0.05, 0) is 24.5 Å². The van der Waals surface area contributed by atoms with E-state index in [0.717, 1.165) is 30.9 Å². The zero-order valence-electron chi connectivity index (χ0n) is 11.1. The summed E-state index contributed by atoms with van der Waals surface area (Å²) in [5.74, 6) is 1.60. The first-order chi connectivity index (χ1) is 8.70. The first kappa shape index (κ1) is 15.9. The molecule has 1 aromatic rings. The molecular weight excluding hydrogens is 355 g/mol. The molecule has 1 saturated heterocycles. The average molecular weight is 376 g/mol. The summed E-state index contributed by atoms with van der Waals surface area (Å²) in [6, 6.07) is 8.08. The van der Waals surface area contributed by atoms with Gasteiger partial charge in [0, 0.05) is 19.6 Å². The number of ether oxygens (including phenoxy) is 1. The van der Waals surface area contributed by atoms with E-state index in [1.54, 1.807) is 7.11 Å². The van der Waals surface area contributed by atoms with Crippen molar-refractivity contribution in [2.24, 2.45) is 22.4 Å². The molecule has 0 spiro atoms. The van der Waals surface area contributed by atoms with Gasteiger partial charge in [0.15, 0.2) is 5.96 Å². The van der Waals surface area contributed by atoms with Gasteiger partial charge in [-0.3, -0.25) is 4.99 Å². The molecule has 1 heterocycles. The van der Waals surface area contributed by atoms with Crippen molar-refractivity contribution < 1.29 is 4.74 Å². The lowest BCUT2D eigenvalue weighted by molar-refractivity contribution is 0.414. The zero-order chi connectivity index (χ0) is 13.0. The topological polar surface area (TPSA) is 76.9 Å². The third kappa shape index (κ3) is 4.15. The summed E-state index contributed by atoms with van der Waals surface area (Å²) in [6.45, 7) is 2.69. The minimum Gasteiger partial charge on any atom is -0.495 e. The van der Waals surface area contributed by atoms with Gasteiger partial charge in [-0.2, -0.15) is 0 Å². The summed E-state index contributed by atoms with van der Waals surface area (Å²) in [5, 5.41) is 0. The molecule has 0 aromatic heterocycles. The number of methoxy groups -OCH3 is 1. The van der Waals surface area contributed by atoms with E-state index < -0.39 is 0 Å². The summed E-state index contributed by atoms with van der Waals surface area (Å²) in [4.78, 5) is 6.42. The number of nitrogens with zero attached hydrogens (tertiary/aromatic N) is 2. The molecule has 1 aromatic carbocycles. The van der Waals surface area contributed by atoms with Gasteiger partial charge in [0.2, 0.25) is 0 Å². The van der Waals surface area contributed by atoms with Gasteiger partial charge in [-0.15, -0.1) is 24.0 Å². The summed E-state index contributed by atoms with van der Waals surface area (Å²) < 4.78 is 5.38. The molecular formula is C13H21IN4O. The number of hydrogen-bond acceptors (Lipinski definition) is 3. The van der Waals surface area contributed by atoms with Crippen LogP contribution in [0.15, 0.2) is 29.3 Å². The highest BCUT2D eigenvalue weighted by atomic mass is 127. The fraction of sp³-hybridized carbons (Fsp3) is 0.462. The van der Waals surface area contributed by atoms with Crippen molar-refractivity contribution in [2.45, 2.75) is 6.42 Å². The molecule has 106 valence electrons. The molecule has 1 unspecified atom stereocenters. The first-order valence-corrected chi connectivity index (χ1v) is 6.14. The standard InChI is InChI=1S/C13H20N4O.HI/c1-18-12-5-3-2-4-11(12)17-7-6-10(9-17)8-16-13(14)15;/h2-5,10H,6-9H2,1H3,(H4,14,15,16);1H. The van der Waals surface area contributed by atoms with Gasteiger partial charge >= 0.3 is 0 Å². The maximum absolute atomic E-state index is 5.38. The lowest BCUT2D eigenvalue weighted by atomic mass is 10.1. The summed E-state index contributed by atoms with van der Waals surface area (Å²) in [6.07, 6.45) is 1.11. The van der Waals surface area contributed by atoms with Crippen LogP contribution in [-0.2, 0) is 0 Å². The van der Waals surface area contributed by atoms with Crippen molar-refractivity contribution >= 4 is 35.6 Å². The fourth-order valence-electron chi connectivity index (χ4n) is 2.33. The predicted octanol–water partition coefficient (Wildman–Crippen LogP) is 1.41. The molecule has 0 bridgehead atoms. The third-order valence-corrected chi connectivity index (χ3v) is 3.24. The van der Waals surface area contributed by atoms with Crippen LogP contribution >= 0.6 is 24.0 Å². The van der Waals surface area contributed by atoms with Crippen LogP contribution in [-0.4, -0.2) is 32.7 Å². The number of aliphatic imine (C=N–C) groups is 1. The maximum atomic E-state index is 5.38. The van der Waals surface area contributed by atoms with Crippen molar-refractivity contribution in [1.29, 1.82) is 0 Å². The number of nitrogens with two attached hydrogens (primary N) is 2. The molecule has 0 aliphatic carbocycles. The van der Waals surface area contributed by atoms with Crippen molar-refractivity contribution in [1.82, 2.24) is 0 Å². The quantitative estimate of drug-likeness (QED) is 0.473. The molecule has 6 heteroatoms. The number of guanidine groups is 1. The highest BCUT2D eigenvalue weighted by Gasteiger charge is 2.24. The Morgan fingerprint density at radius 1 is 1.42 bits per heavy atom. The molecule has 4 N–H and O–H groups in total. The van der Waals surface area contributed by atoms with E-state index in [-0.39, 0.29) is 29.9 Å². The van der Waals surface area contributed by atoms with Crippen LogP contribution in [0.2, 0.25) is 0 Å². The Bertz CT molecular complexity index is 434. The van der Waals surface area contributed by atoms with E-state index in [4.69, 9.17) is 16.2 Å². The Morgan fingerprint density at radius 3 is 2.84 bits per heavy atom. The van der Waals surface area contributed by atoms with Crippen molar-refractivity contribution in [3.05, 3.63) is 24.3 Å². The van der Waals surface area contributed by atoms with Crippen molar-refractivity contribution in [2.75, 3.05) is 31.6 Å². The zero-order valence-corrected chi connectivity index (χ0v) is 13.4. The fourth-order valence-corrected chi connectivity index (χ4v) is 2.33. The van der Waals surface area contributed by atoms with Crippen molar-refractivity contribution in [3.8, 4) is 5.75 Å². The van der Waals surface area contributed by atoms with Crippen LogP contribution in [0.4, 0.5) is 5.69 Å². The maximum Gasteiger partial charge on any atom is 0.185 e. The van der Waals surface area contributed by atoms with E-state index in [9.17, 15) is 0 Å². The van der Waals surface area contributed by atoms with E-state index in [1.165, 1.54) is 0 Å². The molecule has 19 heavy (non-hydrogen) atoms. The van der Waals surface area contributed by atoms with Crippen LogP contribution in [0, 0.1) is 5.92 Å². The van der Waals surface area contributed by atoms with Gasteiger partial charge in [-0.1, -0.05) is 12.1 Å². The second kappa shape index (κ2) is 7.42. The third-order valence-electron chi connectivity index (χ3n) is 3.24. The Labute approximate surface area is 131 Å². The number of hydrogen-bond donors (Lipinski definition) is 2. The Morgan fingerprint density at radius 2 is 2.16 bits per heavy atom. The number of rotatable bonds is 4. The number of benzene rings is 1. The molecule has 0 radical (unpaired) electrons. The lowest BCUT2D eigenvalue weighted by Crippen LogP contribution is -2.25. The van der Waals surface area contributed by atoms with E-state index in [0.29, 0.717) is 12.5 Å². The second-order valence-electron chi connectivity index (χ2n) is 4.54. The number of halogens is 1. The van der Waals surface area contributed by atoms with Crippen LogP contribution < -0.4 is 21.1 Å². The Balaban J connectivity index is 0.00000180. The van der Waals surface area contributed by atoms with Crippen molar-refractivity contribution in [3.63, 3.8) is 0 Å².